The molecule has 5 heteroatoms. The minimum Gasteiger partial charge on any atom is -0.481 e. The number of rotatable bonds is 4. The van der Waals surface area contributed by atoms with Gasteiger partial charge in [0, 0.05) is 5.69 Å². The number of benzene rings is 1. The predicted molar refractivity (Wildman–Crippen MR) is 76.7 cm³/mol. The number of nitrogens with one attached hydrogen (secondary N) is 2. The number of carbonyl (C=O) groups is 2. The third-order valence-corrected chi connectivity index (χ3v) is 3.69. The second-order valence-electron chi connectivity index (χ2n) is 5.44. The van der Waals surface area contributed by atoms with Crippen molar-refractivity contribution in [1.82, 2.24) is 5.32 Å². The molecule has 0 radical (unpaired) electrons. The molecular weight excluding hydrogens is 256 g/mol. The number of carboxylic acid groups (broad SMARTS) is 1. The van der Waals surface area contributed by atoms with Crippen LogP contribution in [0.15, 0.2) is 24.3 Å². The Kier molecular flexibility index (Phi) is 4.39. The molecule has 1 amide bonds. The summed E-state index contributed by atoms with van der Waals surface area (Å²) in [6.45, 7) is 2.78. The molecule has 1 unspecified atom stereocenters. The molecule has 108 valence electrons. The lowest BCUT2D eigenvalue weighted by Gasteiger charge is -2.33. The fourth-order valence-corrected chi connectivity index (χ4v) is 2.40. The van der Waals surface area contributed by atoms with Crippen LogP contribution in [0.3, 0.4) is 0 Å². The monoisotopic (exact) mass is 276 g/mol. The van der Waals surface area contributed by atoms with E-state index in [0.29, 0.717) is 5.69 Å². The highest BCUT2D eigenvalue weighted by atomic mass is 16.4. The molecule has 1 fully saturated rings. The molecule has 3 N–H and O–H groups in total. The molecule has 5 nitrogen and oxygen atoms in total. The minimum absolute atomic E-state index is 0.00645. The molecule has 20 heavy (non-hydrogen) atoms. The average Bonchev–Trinajstić information content (AvgIpc) is 2.41. The summed E-state index contributed by atoms with van der Waals surface area (Å²) in [4.78, 5) is 22.9. The van der Waals surface area contributed by atoms with Crippen LogP contribution in [0.4, 0.5) is 5.69 Å². The van der Waals surface area contributed by atoms with Crippen LogP contribution in [0.1, 0.15) is 31.7 Å². The number of carbonyl (C=O) groups excluding carboxylic acids is 1. The molecule has 0 bridgehead atoms. The zero-order chi connectivity index (χ0) is 14.6. The van der Waals surface area contributed by atoms with Gasteiger partial charge in [0.25, 0.3) is 0 Å². The Morgan fingerprint density at radius 1 is 1.30 bits per heavy atom. The van der Waals surface area contributed by atoms with E-state index in [1.165, 1.54) is 0 Å². The summed E-state index contributed by atoms with van der Waals surface area (Å²) in [6.07, 6.45) is 2.98. The van der Waals surface area contributed by atoms with Crippen molar-refractivity contribution >= 4 is 17.6 Å². The zero-order valence-corrected chi connectivity index (χ0v) is 11.6. The van der Waals surface area contributed by atoms with Crippen molar-refractivity contribution in [3.05, 3.63) is 29.8 Å². The van der Waals surface area contributed by atoms with Crippen LogP contribution in [0.25, 0.3) is 0 Å². The van der Waals surface area contributed by atoms with Gasteiger partial charge in [-0.05, 0) is 50.4 Å². The summed E-state index contributed by atoms with van der Waals surface area (Å²) in [6, 6.07) is 6.92. The second kappa shape index (κ2) is 6.05. The molecule has 1 heterocycles. The SMILES string of the molecule is CC1(C(=O)Nc2ccc(CC(=O)O)cc2)CCCCN1. The number of hydrogen-bond acceptors (Lipinski definition) is 3. The third-order valence-electron chi connectivity index (χ3n) is 3.69. The van der Waals surface area contributed by atoms with E-state index >= 15 is 0 Å². The molecule has 0 spiro atoms. The second-order valence-corrected chi connectivity index (χ2v) is 5.44. The Morgan fingerprint density at radius 3 is 2.55 bits per heavy atom. The summed E-state index contributed by atoms with van der Waals surface area (Å²) in [7, 11) is 0. The normalized spacial score (nSPS) is 22.2. The Labute approximate surface area is 118 Å². The van der Waals surface area contributed by atoms with Crippen molar-refractivity contribution in [3.63, 3.8) is 0 Å². The van der Waals surface area contributed by atoms with Crippen molar-refractivity contribution in [3.8, 4) is 0 Å². The van der Waals surface area contributed by atoms with Crippen LogP contribution < -0.4 is 10.6 Å². The van der Waals surface area contributed by atoms with Gasteiger partial charge in [0.05, 0.1) is 12.0 Å². The maximum Gasteiger partial charge on any atom is 0.307 e. The average molecular weight is 276 g/mol. The Balaban J connectivity index is 1.98. The topological polar surface area (TPSA) is 78.4 Å². The Hall–Kier alpha value is -1.88. The van der Waals surface area contributed by atoms with E-state index in [1.807, 2.05) is 6.92 Å². The molecule has 1 aliphatic rings. The fourth-order valence-electron chi connectivity index (χ4n) is 2.40. The molecule has 1 aliphatic heterocycles. The van der Waals surface area contributed by atoms with Crippen molar-refractivity contribution < 1.29 is 14.7 Å². The maximum atomic E-state index is 12.3. The summed E-state index contributed by atoms with van der Waals surface area (Å²) in [5.41, 5.74) is 0.896. The molecule has 1 atom stereocenters. The highest BCUT2D eigenvalue weighted by Gasteiger charge is 2.34. The van der Waals surface area contributed by atoms with Gasteiger partial charge in [0.15, 0.2) is 0 Å². The van der Waals surface area contributed by atoms with E-state index < -0.39 is 11.5 Å². The lowest BCUT2D eigenvalue weighted by atomic mass is 9.90. The number of carboxylic acids is 1. The van der Waals surface area contributed by atoms with Crippen molar-refractivity contribution in [2.45, 2.75) is 38.1 Å². The van der Waals surface area contributed by atoms with E-state index in [1.54, 1.807) is 24.3 Å². The highest BCUT2D eigenvalue weighted by Crippen LogP contribution is 2.21. The largest absolute Gasteiger partial charge is 0.481 e. The lowest BCUT2D eigenvalue weighted by Crippen LogP contribution is -2.54. The van der Waals surface area contributed by atoms with E-state index in [4.69, 9.17) is 5.11 Å². The van der Waals surface area contributed by atoms with Gasteiger partial charge in [0.1, 0.15) is 0 Å². The molecular formula is C15H20N2O3. The maximum absolute atomic E-state index is 12.3. The van der Waals surface area contributed by atoms with E-state index in [0.717, 1.165) is 31.4 Å². The van der Waals surface area contributed by atoms with Crippen molar-refractivity contribution in [2.75, 3.05) is 11.9 Å². The number of amides is 1. The van der Waals surface area contributed by atoms with Crippen LogP contribution in [0.5, 0.6) is 0 Å². The summed E-state index contributed by atoms with van der Waals surface area (Å²) in [5, 5.41) is 14.9. The standard InChI is InChI=1S/C15H20N2O3/c1-15(8-2-3-9-16-15)14(20)17-12-6-4-11(5-7-12)10-13(18)19/h4-7,16H,2-3,8-10H2,1H3,(H,17,20)(H,18,19). The first-order valence-electron chi connectivity index (χ1n) is 6.87. The van der Waals surface area contributed by atoms with Gasteiger partial charge in [-0.25, -0.2) is 0 Å². The van der Waals surface area contributed by atoms with Crippen molar-refractivity contribution in [1.29, 1.82) is 0 Å². The van der Waals surface area contributed by atoms with Crippen LogP contribution in [-0.4, -0.2) is 29.1 Å². The van der Waals surface area contributed by atoms with Crippen LogP contribution in [0, 0.1) is 0 Å². The third kappa shape index (κ3) is 3.57. The summed E-state index contributed by atoms with van der Waals surface area (Å²) in [5.74, 6) is -0.899. The quantitative estimate of drug-likeness (QED) is 0.783. The summed E-state index contributed by atoms with van der Waals surface area (Å²) >= 11 is 0. The molecule has 0 saturated carbocycles. The fraction of sp³-hybridized carbons (Fsp3) is 0.467. The number of hydrogen-bond donors (Lipinski definition) is 3. The highest BCUT2D eigenvalue weighted by molar-refractivity contribution is 5.97. The lowest BCUT2D eigenvalue weighted by molar-refractivity contribution is -0.136. The van der Waals surface area contributed by atoms with E-state index in [9.17, 15) is 9.59 Å². The van der Waals surface area contributed by atoms with Crippen LogP contribution >= 0.6 is 0 Å². The zero-order valence-electron chi connectivity index (χ0n) is 11.6. The predicted octanol–water partition coefficient (Wildman–Crippen LogP) is 1.78. The summed E-state index contributed by atoms with van der Waals surface area (Å²) < 4.78 is 0. The van der Waals surface area contributed by atoms with Gasteiger partial charge >= 0.3 is 5.97 Å². The number of piperidine rings is 1. The van der Waals surface area contributed by atoms with E-state index in [-0.39, 0.29) is 12.3 Å². The first kappa shape index (κ1) is 14.5. The van der Waals surface area contributed by atoms with Crippen LogP contribution in [-0.2, 0) is 16.0 Å². The smallest absolute Gasteiger partial charge is 0.307 e. The van der Waals surface area contributed by atoms with Gasteiger partial charge in [-0.2, -0.15) is 0 Å². The Bertz CT molecular complexity index is 490. The van der Waals surface area contributed by atoms with Gasteiger partial charge in [0.2, 0.25) is 5.91 Å². The molecule has 0 aromatic heterocycles. The molecule has 2 rings (SSSR count). The Morgan fingerprint density at radius 2 is 2.00 bits per heavy atom. The van der Waals surface area contributed by atoms with Crippen LogP contribution in [0.2, 0.25) is 0 Å². The van der Waals surface area contributed by atoms with E-state index in [2.05, 4.69) is 10.6 Å². The minimum atomic E-state index is -0.860. The number of aliphatic carboxylic acids is 1. The first-order valence-corrected chi connectivity index (χ1v) is 6.87. The van der Waals surface area contributed by atoms with Gasteiger partial charge in [-0.15, -0.1) is 0 Å². The number of anilines is 1. The molecule has 1 aromatic carbocycles. The van der Waals surface area contributed by atoms with Gasteiger partial charge in [-0.1, -0.05) is 12.1 Å². The van der Waals surface area contributed by atoms with Crippen molar-refractivity contribution in [2.24, 2.45) is 0 Å². The molecule has 1 saturated heterocycles. The van der Waals surface area contributed by atoms with Gasteiger partial charge < -0.3 is 15.7 Å². The molecule has 0 aliphatic carbocycles. The first-order chi connectivity index (χ1) is 9.49. The molecule has 1 aromatic rings. The van der Waals surface area contributed by atoms with Gasteiger partial charge in [-0.3, -0.25) is 9.59 Å².